The van der Waals surface area contributed by atoms with E-state index in [1.807, 2.05) is 17.0 Å². The number of hydrogen-bond acceptors (Lipinski definition) is 6. The minimum absolute atomic E-state index is 0.0304. The van der Waals surface area contributed by atoms with E-state index in [4.69, 9.17) is 18.9 Å². The number of carbonyl (C=O) groups excluding carboxylic acids is 2. The van der Waals surface area contributed by atoms with Gasteiger partial charge in [0, 0.05) is 37.1 Å². The van der Waals surface area contributed by atoms with Crippen LogP contribution in [0.2, 0.25) is 0 Å². The number of carbonyl (C=O) groups is 2. The largest absolute Gasteiger partial charge is 0.492 e. The fourth-order valence-electron chi connectivity index (χ4n) is 4.86. The van der Waals surface area contributed by atoms with Crippen LogP contribution in [0, 0.1) is 0 Å². The first-order valence-electron chi connectivity index (χ1n) is 9.61. The van der Waals surface area contributed by atoms with Gasteiger partial charge >= 0.3 is 5.97 Å². The van der Waals surface area contributed by atoms with Crippen molar-refractivity contribution < 1.29 is 28.5 Å². The third kappa shape index (κ3) is 2.50. The molecule has 0 saturated heterocycles. The molecule has 2 aliphatic heterocycles. The number of nitrogens with zero attached hydrogens (tertiary/aromatic N) is 1. The van der Waals surface area contributed by atoms with Crippen LogP contribution in [0.5, 0.6) is 23.0 Å². The Balaban J connectivity index is 1.86. The lowest BCUT2D eigenvalue weighted by atomic mass is 9.75. The van der Waals surface area contributed by atoms with Crippen molar-refractivity contribution in [2.45, 2.75) is 32.7 Å². The lowest BCUT2D eigenvalue weighted by Crippen LogP contribution is -2.41. The fraction of sp³-hybridized carbons (Fsp3) is 0.364. The van der Waals surface area contributed by atoms with Gasteiger partial charge in [-0.25, -0.2) is 0 Å². The predicted octanol–water partition coefficient (Wildman–Crippen LogP) is 3.02. The van der Waals surface area contributed by atoms with E-state index in [-0.39, 0.29) is 24.7 Å². The molecule has 1 amide bonds. The summed E-state index contributed by atoms with van der Waals surface area (Å²) in [6, 6.07) is 5.52. The Morgan fingerprint density at radius 1 is 1.14 bits per heavy atom. The van der Waals surface area contributed by atoms with Crippen LogP contribution >= 0.6 is 0 Å². The highest BCUT2D eigenvalue weighted by Crippen LogP contribution is 2.59. The zero-order valence-corrected chi connectivity index (χ0v) is 16.5. The summed E-state index contributed by atoms with van der Waals surface area (Å²) >= 11 is 0. The number of ether oxygens (including phenoxy) is 4. The highest BCUT2D eigenvalue weighted by atomic mass is 16.7. The Morgan fingerprint density at radius 3 is 2.66 bits per heavy atom. The maximum Gasteiger partial charge on any atom is 0.308 e. The first kappa shape index (κ1) is 17.8. The minimum Gasteiger partial charge on any atom is -0.492 e. The molecular weight excluding hydrogens is 374 g/mol. The Hall–Kier alpha value is -3.22. The molecule has 1 unspecified atom stereocenters. The molecule has 0 saturated carbocycles. The normalized spacial score (nSPS) is 18.0. The van der Waals surface area contributed by atoms with Gasteiger partial charge in [-0.15, -0.1) is 0 Å². The molecule has 0 aromatic heterocycles. The number of amides is 1. The molecule has 0 N–H and O–H groups in total. The van der Waals surface area contributed by atoms with Crippen molar-refractivity contribution in [2.24, 2.45) is 0 Å². The molecule has 3 aliphatic rings. The van der Waals surface area contributed by atoms with E-state index >= 15 is 0 Å². The number of fused-ring (bicyclic) bond motifs is 4. The van der Waals surface area contributed by atoms with Crippen molar-refractivity contribution >= 4 is 11.9 Å². The van der Waals surface area contributed by atoms with E-state index in [0.717, 1.165) is 27.8 Å². The molecule has 0 spiro atoms. The van der Waals surface area contributed by atoms with Crippen molar-refractivity contribution in [3.63, 3.8) is 0 Å². The Kier molecular flexibility index (Phi) is 3.94. The molecule has 2 aromatic rings. The summed E-state index contributed by atoms with van der Waals surface area (Å²) in [6.45, 7) is 3.69. The van der Waals surface area contributed by atoms with Crippen molar-refractivity contribution in [2.75, 3.05) is 20.4 Å². The third-order valence-corrected chi connectivity index (χ3v) is 5.86. The van der Waals surface area contributed by atoms with Crippen LogP contribution in [-0.4, -0.2) is 37.2 Å². The van der Waals surface area contributed by atoms with Gasteiger partial charge in [-0.2, -0.15) is 0 Å². The highest BCUT2D eigenvalue weighted by Gasteiger charge is 2.43. The zero-order chi connectivity index (χ0) is 20.3. The topological polar surface area (TPSA) is 74.3 Å². The summed E-state index contributed by atoms with van der Waals surface area (Å²) in [5.74, 6) is 1.94. The summed E-state index contributed by atoms with van der Waals surface area (Å²) in [5.41, 5.74) is 4.69. The monoisotopic (exact) mass is 395 g/mol. The molecule has 0 bridgehead atoms. The molecule has 7 heteroatoms. The second-order valence-electron chi connectivity index (χ2n) is 7.43. The standard InChI is InChI=1S/C22H21NO6/c1-11(24)23-8-7-14-18-15(23)9-13-5-4-6-16(29-12(2)25)17(13)19(18)21-22(20(14)26-3)28-10-27-21/h4-6,15H,7-10H2,1-3H3. The minimum atomic E-state index is -0.387. The van der Waals surface area contributed by atoms with Crippen molar-refractivity contribution in [1.29, 1.82) is 0 Å². The zero-order valence-electron chi connectivity index (χ0n) is 16.5. The Bertz CT molecular complexity index is 1060. The summed E-state index contributed by atoms with van der Waals surface area (Å²) < 4.78 is 22.9. The predicted molar refractivity (Wildman–Crippen MR) is 103 cm³/mol. The molecule has 2 heterocycles. The van der Waals surface area contributed by atoms with Gasteiger partial charge in [-0.1, -0.05) is 12.1 Å². The average molecular weight is 395 g/mol. The lowest BCUT2D eigenvalue weighted by molar-refractivity contribution is -0.132. The van der Waals surface area contributed by atoms with Crippen LogP contribution in [0.3, 0.4) is 0 Å². The summed E-state index contributed by atoms with van der Waals surface area (Å²) in [5, 5.41) is 0. The van der Waals surface area contributed by atoms with E-state index in [1.54, 1.807) is 20.1 Å². The van der Waals surface area contributed by atoms with Gasteiger partial charge in [0.25, 0.3) is 0 Å². The first-order valence-corrected chi connectivity index (χ1v) is 9.61. The fourth-order valence-corrected chi connectivity index (χ4v) is 4.86. The molecule has 1 atom stereocenters. The second-order valence-corrected chi connectivity index (χ2v) is 7.43. The third-order valence-electron chi connectivity index (χ3n) is 5.86. The molecule has 2 aromatic carbocycles. The number of methoxy groups -OCH3 is 1. The molecule has 1 aliphatic carbocycles. The summed E-state index contributed by atoms with van der Waals surface area (Å²) in [6.07, 6.45) is 1.29. The molecule has 29 heavy (non-hydrogen) atoms. The molecule has 0 fully saturated rings. The van der Waals surface area contributed by atoms with Gasteiger partial charge in [0.05, 0.1) is 13.2 Å². The lowest BCUT2D eigenvalue weighted by Gasteiger charge is -2.42. The van der Waals surface area contributed by atoms with Crippen LogP contribution in [-0.2, 0) is 22.4 Å². The van der Waals surface area contributed by atoms with Crippen LogP contribution in [0.15, 0.2) is 18.2 Å². The van der Waals surface area contributed by atoms with E-state index in [2.05, 4.69) is 0 Å². The average Bonchev–Trinajstić information content (AvgIpc) is 3.16. The van der Waals surface area contributed by atoms with Gasteiger partial charge < -0.3 is 23.8 Å². The molecule has 0 radical (unpaired) electrons. The maximum atomic E-state index is 12.4. The smallest absolute Gasteiger partial charge is 0.308 e. The van der Waals surface area contributed by atoms with Gasteiger partial charge in [0.15, 0.2) is 11.5 Å². The number of benzene rings is 2. The van der Waals surface area contributed by atoms with Crippen LogP contribution in [0.4, 0.5) is 0 Å². The van der Waals surface area contributed by atoms with E-state index < -0.39 is 0 Å². The molecule has 5 rings (SSSR count). The van der Waals surface area contributed by atoms with E-state index in [0.29, 0.717) is 42.4 Å². The Morgan fingerprint density at radius 2 is 1.93 bits per heavy atom. The van der Waals surface area contributed by atoms with Gasteiger partial charge in [-0.05, 0) is 30.0 Å². The van der Waals surface area contributed by atoms with Gasteiger partial charge in [-0.3, -0.25) is 9.59 Å². The van der Waals surface area contributed by atoms with Crippen LogP contribution in [0.1, 0.15) is 36.6 Å². The second kappa shape index (κ2) is 6.40. The van der Waals surface area contributed by atoms with Gasteiger partial charge in [0.1, 0.15) is 5.75 Å². The van der Waals surface area contributed by atoms with E-state index in [1.165, 1.54) is 6.92 Å². The van der Waals surface area contributed by atoms with Crippen molar-refractivity contribution in [3.8, 4) is 34.1 Å². The Labute approximate surface area is 168 Å². The van der Waals surface area contributed by atoms with Crippen LogP contribution < -0.4 is 18.9 Å². The molecule has 7 nitrogen and oxygen atoms in total. The van der Waals surface area contributed by atoms with Crippen molar-refractivity contribution in [1.82, 2.24) is 4.90 Å². The summed E-state index contributed by atoms with van der Waals surface area (Å²) in [4.78, 5) is 26.0. The SMILES string of the molecule is COc1c2c3c(c4c1OCO4)-c1c(cccc1OC(C)=O)CC3N(C(C)=O)CC2. The van der Waals surface area contributed by atoms with E-state index in [9.17, 15) is 9.59 Å². The van der Waals surface area contributed by atoms with Crippen molar-refractivity contribution in [3.05, 3.63) is 34.9 Å². The number of hydrogen-bond donors (Lipinski definition) is 0. The van der Waals surface area contributed by atoms with Gasteiger partial charge in [0.2, 0.25) is 18.4 Å². The molecule has 150 valence electrons. The number of esters is 1. The molecular formula is C22H21NO6. The maximum absolute atomic E-state index is 12.4. The first-order chi connectivity index (χ1) is 14.0. The number of rotatable bonds is 2. The highest BCUT2D eigenvalue weighted by molar-refractivity contribution is 5.91. The summed E-state index contributed by atoms with van der Waals surface area (Å²) in [7, 11) is 1.62. The van der Waals surface area contributed by atoms with Crippen LogP contribution in [0.25, 0.3) is 11.1 Å². The quantitative estimate of drug-likeness (QED) is 0.575.